The third-order valence-electron chi connectivity index (χ3n) is 6.91. The minimum atomic E-state index is -0.129. The summed E-state index contributed by atoms with van der Waals surface area (Å²) >= 11 is 3.42. The smallest absolute Gasteiger partial charge is 0.226 e. The molecular formula is C22H29BrN2O2. The van der Waals surface area contributed by atoms with Crippen molar-refractivity contribution in [3.05, 3.63) is 34.3 Å². The van der Waals surface area contributed by atoms with E-state index in [9.17, 15) is 9.59 Å². The molecule has 146 valence electrons. The first-order valence-electron chi connectivity index (χ1n) is 10.3. The molecule has 0 saturated heterocycles. The van der Waals surface area contributed by atoms with Gasteiger partial charge < -0.3 is 10.6 Å². The summed E-state index contributed by atoms with van der Waals surface area (Å²) in [6, 6.07) is 7.92. The quantitative estimate of drug-likeness (QED) is 0.701. The van der Waals surface area contributed by atoms with E-state index in [0.717, 1.165) is 47.1 Å². The van der Waals surface area contributed by atoms with E-state index in [-0.39, 0.29) is 23.3 Å². The fourth-order valence-corrected chi connectivity index (χ4v) is 6.28. The molecule has 1 atom stereocenters. The van der Waals surface area contributed by atoms with Crippen LogP contribution in [0.25, 0.3) is 0 Å². The second kappa shape index (κ2) is 7.57. The molecule has 5 heteroatoms. The molecule has 1 aromatic carbocycles. The number of carbonyl (C=O) groups excluding carboxylic acids is 2. The molecule has 0 radical (unpaired) electrons. The van der Waals surface area contributed by atoms with Gasteiger partial charge in [-0.1, -0.05) is 28.1 Å². The van der Waals surface area contributed by atoms with Crippen LogP contribution in [0.2, 0.25) is 0 Å². The standard InChI is InChI=1S/C22H29BrN2O2/c1-14(18-2-4-19(23)5-3-18)25-20(26)6-7-24-21(27)22-11-15-8-16(12-22)10-17(9-15)13-22/h2-5,14-17H,6-13H2,1H3,(H,24,27)(H,25,26). The Morgan fingerprint density at radius 2 is 1.63 bits per heavy atom. The third kappa shape index (κ3) is 4.08. The molecule has 4 fully saturated rings. The van der Waals surface area contributed by atoms with E-state index in [1.165, 1.54) is 19.3 Å². The van der Waals surface area contributed by atoms with Crippen LogP contribution in [-0.2, 0) is 9.59 Å². The zero-order valence-corrected chi connectivity index (χ0v) is 17.6. The van der Waals surface area contributed by atoms with Crippen LogP contribution >= 0.6 is 15.9 Å². The molecular weight excluding hydrogens is 404 g/mol. The van der Waals surface area contributed by atoms with Crippen LogP contribution in [0.3, 0.4) is 0 Å². The van der Waals surface area contributed by atoms with E-state index in [4.69, 9.17) is 0 Å². The second-order valence-corrected chi connectivity index (χ2v) is 9.96. The van der Waals surface area contributed by atoms with Crippen molar-refractivity contribution in [3.8, 4) is 0 Å². The Kier molecular flexibility index (Phi) is 5.32. The van der Waals surface area contributed by atoms with Crippen LogP contribution in [-0.4, -0.2) is 18.4 Å². The van der Waals surface area contributed by atoms with Crippen molar-refractivity contribution in [2.24, 2.45) is 23.2 Å². The molecule has 4 saturated carbocycles. The lowest BCUT2D eigenvalue weighted by Crippen LogP contribution is -2.53. The van der Waals surface area contributed by atoms with Gasteiger partial charge in [0.1, 0.15) is 0 Å². The number of halogens is 1. The van der Waals surface area contributed by atoms with Gasteiger partial charge in [-0.25, -0.2) is 0 Å². The number of rotatable bonds is 6. The molecule has 1 aromatic rings. The van der Waals surface area contributed by atoms with Crippen LogP contribution in [0, 0.1) is 23.2 Å². The summed E-state index contributed by atoms with van der Waals surface area (Å²) in [6.45, 7) is 2.41. The van der Waals surface area contributed by atoms with E-state index in [0.29, 0.717) is 13.0 Å². The monoisotopic (exact) mass is 432 g/mol. The molecule has 0 spiro atoms. The van der Waals surface area contributed by atoms with Crippen molar-refractivity contribution in [3.63, 3.8) is 0 Å². The van der Waals surface area contributed by atoms with Gasteiger partial charge in [-0.3, -0.25) is 9.59 Å². The van der Waals surface area contributed by atoms with Gasteiger partial charge >= 0.3 is 0 Å². The van der Waals surface area contributed by atoms with Crippen molar-refractivity contribution in [1.82, 2.24) is 10.6 Å². The maximum atomic E-state index is 12.9. The average Bonchev–Trinajstić information content (AvgIpc) is 2.61. The van der Waals surface area contributed by atoms with E-state index < -0.39 is 0 Å². The Hall–Kier alpha value is -1.36. The second-order valence-electron chi connectivity index (χ2n) is 9.04. The average molecular weight is 433 g/mol. The van der Waals surface area contributed by atoms with Crippen LogP contribution in [0.1, 0.15) is 63.5 Å². The SMILES string of the molecule is CC(NC(=O)CCNC(=O)C12CC3CC(CC(C3)C1)C2)c1ccc(Br)cc1. The van der Waals surface area contributed by atoms with Crippen LogP contribution in [0.15, 0.2) is 28.7 Å². The Bertz CT molecular complexity index is 680. The predicted octanol–water partition coefficient (Wildman–Crippen LogP) is 4.35. The summed E-state index contributed by atoms with van der Waals surface area (Å²) in [5, 5.41) is 6.10. The minimum absolute atomic E-state index is 0.0174. The molecule has 2 N–H and O–H groups in total. The zero-order chi connectivity index (χ0) is 19.0. The number of hydrogen-bond acceptors (Lipinski definition) is 2. The first kappa shape index (κ1) is 19.0. The number of nitrogens with one attached hydrogen (secondary N) is 2. The highest BCUT2D eigenvalue weighted by atomic mass is 79.9. The van der Waals surface area contributed by atoms with Crippen LogP contribution < -0.4 is 10.6 Å². The lowest BCUT2D eigenvalue weighted by Gasteiger charge is -2.55. The maximum absolute atomic E-state index is 12.9. The molecule has 4 aliphatic carbocycles. The predicted molar refractivity (Wildman–Crippen MR) is 109 cm³/mol. The first-order chi connectivity index (χ1) is 12.9. The maximum Gasteiger partial charge on any atom is 0.226 e. The molecule has 27 heavy (non-hydrogen) atoms. The van der Waals surface area contributed by atoms with Gasteiger partial charge in [-0.05, 0) is 80.9 Å². The van der Waals surface area contributed by atoms with E-state index >= 15 is 0 Å². The fraction of sp³-hybridized carbons (Fsp3) is 0.636. The first-order valence-corrected chi connectivity index (χ1v) is 11.1. The lowest BCUT2D eigenvalue weighted by atomic mass is 9.49. The normalized spacial score (nSPS) is 32.1. The number of amides is 2. The van der Waals surface area contributed by atoms with Crippen molar-refractivity contribution in [2.45, 2.75) is 57.9 Å². The number of benzene rings is 1. The summed E-state index contributed by atoms with van der Waals surface area (Å²) in [5.74, 6) is 2.47. The highest BCUT2D eigenvalue weighted by Crippen LogP contribution is 2.60. The summed E-state index contributed by atoms with van der Waals surface area (Å²) in [7, 11) is 0. The summed E-state index contributed by atoms with van der Waals surface area (Å²) in [4.78, 5) is 25.2. The van der Waals surface area contributed by atoms with Gasteiger partial charge in [-0.2, -0.15) is 0 Å². The van der Waals surface area contributed by atoms with Gasteiger partial charge in [0.2, 0.25) is 11.8 Å². The number of hydrogen-bond donors (Lipinski definition) is 2. The lowest BCUT2D eigenvalue weighted by molar-refractivity contribution is -0.146. The minimum Gasteiger partial charge on any atom is -0.355 e. The fourth-order valence-electron chi connectivity index (χ4n) is 6.01. The molecule has 1 unspecified atom stereocenters. The molecule has 2 amide bonds. The summed E-state index contributed by atoms with van der Waals surface area (Å²) < 4.78 is 1.03. The van der Waals surface area contributed by atoms with Gasteiger partial charge in [-0.15, -0.1) is 0 Å². The van der Waals surface area contributed by atoms with Crippen molar-refractivity contribution in [1.29, 1.82) is 0 Å². The highest BCUT2D eigenvalue weighted by molar-refractivity contribution is 9.10. The molecule has 0 aromatic heterocycles. The van der Waals surface area contributed by atoms with Gasteiger partial charge in [0.05, 0.1) is 6.04 Å². The van der Waals surface area contributed by atoms with Gasteiger partial charge in [0.25, 0.3) is 0 Å². The topological polar surface area (TPSA) is 58.2 Å². The highest BCUT2D eigenvalue weighted by Gasteiger charge is 2.54. The summed E-state index contributed by atoms with van der Waals surface area (Å²) in [5.41, 5.74) is 0.944. The molecule has 4 bridgehead atoms. The van der Waals surface area contributed by atoms with Crippen LogP contribution in [0.4, 0.5) is 0 Å². The van der Waals surface area contributed by atoms with E-state index in [1.807, 2.05) is 31.2 Å². The Labute approximate surface area is 170 Å². The van der Waals surface area contributed by atoms with Gasteiger partial charge in [0.15, 0.2) is 0 Å². The van der Waals surface area contributed by atoms with E-state index in [1.54, 1.807) is 0 Å². The Balaban J connectivity index is 1.24. The van der Waals surface area contributed by atoms with E-state index in [2.05, 4.69) is 26.6 Å². The molecule has 5 rings (SSSR count). The van der Waals surface area contributed by atoms with Crippen molar-refractivity contribution in [2.75, 3.05) is 6.54 Å². The number of carbonyl (C=O) groups is 2. The van der Waals surface area contributed by atoms with Crippen molar-refractivity contribution >= 4 is 27.7 Å². The Morgan fingerprint density at radius 1 is 1.07 bits per heavy atom. The molecule has 0 aliphatic heterocycles. The zero-order valence-electron chi connectivity index (χ0n) is 16.0. The van der Waals surface area contributed by atoms with Gasteiger partial charge in [0, 0.05) is 22.9 Å². The molecule has 0 heterocycles. The Morgan fingerprint density at radius 3 is 2.19 bits per heavy atom. The molecule has 4 nitrogen and oxygen atoms in total. The van der Waals surface area contributed by atoms with Crippen molar-refractivity contribution < 1.29 is 9.59 Å². The van der Waals surface area contributed by atoms with Crippen LogP contribution in [0.5, 0.6) is 0 Å². The largest absolute Gasteiger partial charge is 0.355 e. The molecule has 4 aliphatic rings. The third-order valence-corrected chi connectivity index (χ3v) is 7.43. The summed E-state index contributed by atoms with van der Waals surface area (Å²) in [6.07, 6.45) is 7.54.